The molecule has 0 radical (unpaired) electrons. The molecule has 5 heteroatoms. The summed E-state index contributed by atoms with van der Waals surface area (Å²) in [6.07, 6.45) is 0. The molecular weight excluding hydrogens is 317 g/mol. The van der Waals surface area contributed by atoms with E-state index in [9.17, 15) is 9.18 Å². The minimum Gasteiger partial charge on any atom is -0.484 e. The maximum Gasteiger partial charge on any atom is 0.260 e. The monoisotopic (exact) mass is 335 g/mol. The summed E-state index contributed by atoms with van der Waals surface area (Å²) in [6, 6.07) is 10.2. The van der Waals surface area contributed by atoms with E-state index in [0.717, 1.165) is 11.1 Å². The normalized spacial score (nSPS) is 10.5. The molecule has 0 aliphatic rings. The Morgan fingerprint density at radius 2 is 2.00 bits per heavy atom. The second-order valence-electron chi connectivity index (χ2n) is 5.51. The van der Waals surface area contributed by atoms with Crippen LogP contribution < -0.4 is 4.74 Å². The maximum absolute atomic E-state index is 13.8. The van der Waals surface area contributed by atoms with Gasteiger partial charge in [0.05, 0.1) is 0 Å². The average molecular weight is 336 g/mol. The Morgan fingerprint density at radius 1 is 1.26 bits per heavy atom. The zero-order valence-corrected chi connectivity index (χ0v) is 14.2. The van der Waals surface area contributed by atoms with Crippen molar-refractivity contribution in [3.63, 3.8) is 0 Å². The average Bonchev–Trinajstić information content (AvgIpc) is 2.49. The standard InChI is InChI=1S/C18H19ClFNO2/c1-12-7-8-17(13(2)9-12)23-11-18(22)21(3)10-14-15(19)5-4-6-16(14)20/h4-9H,10-11H2,1-3H3. The highest BCUT2D eigenvalue weighted by Crippen LogP contribution is 2.21. The first-order valence-corrected chi connectivity index (χ1v) is 7.63. The van der Waals surface area contributed by atoms with Gasteiger partial charge in [0.25, 0.3) is 5.91 Å². The largest absolute Gasteiger partial charge is 0.484 e. The quantitative estimate of drug-likeness (QED) is 0.822. The number of amides is 1. The van der Waals surface area contributed by atoms with Crippen molar-refractivity contribution in [1.29, 1.82) is 0 Å². The molecule has 23 heavy (non-hydrogen) atoms. The van der Waals surface area contributed by atoms with Crippen LogP contribution in [0.5, 0.6) is 5.75 Å². The van der Waals surface area contributed by atoms with Crippen molar-refractivity contribution < 1.29 is 13.9 Å². The van der Waals surface area contributed by atoms with Crippen LogP contribution in [0, 0.1) is 19.7 Å². The number of carbonyl (C=O) groups is 1. The third-order valence-corrected chi connectivity index (χ3v) is 3.92. The van der Waals surface area contributed by atoms with E-state index >= 15 is 0 Å². The number of ether oxygens (including phenoxy) is 1. The van der Waals surface area contributed by atoms with Crippen LogP contribution in [0.1, 0.15) is 16.7 Å². The molecule has 2 rings (SSSR count). The van der Waals surface area contributed by atoms with Gasteiger partial charge < -0.3 is 9.64 Å². The topological polar surface area (TPSA) is 29.5 Å². The lowest BCUT2D eigenvalue weighted by Crippen LogP contribution is -2.31. The number of carbonyl (C=O) groups excluding carboxylic acids is 1. The molecule has 1 amide bonds. The van der Waals surface area contributed by atoms with Gasteiger partial charge in [-0.25, -0.2) is 4.39 Å². The number of benzene rings is 2. The van der Waals surface area contributed by atoms with Crippen LogP contribution in [0.25, 0.3) is 0 Å². The fourth-order valence-electron chi connectivity index (χ4n) is 2.22. The van der Waals surface area contributed by atoms with Crippen molar-refractivity contribution in [1.82, 2.24) is 4.90 Å². The molecule has 0 spiro atoms. The number of hydrogen-bond acceptors (Lipinski definition) is 2. The van der Waals surface area contributed by atoms with Crippen molar-refractivity contribution in [2.45, 2.75) is 20.4 Å². The second kappa shape index (κ2) is 7.47. The summed E-state index contributed by atoms with van der Waals surface area (Å²) in [5.41, 5.74) is 2.40. The number of halogens is 2. The molecule has 0 aromatic heterocycles. The van der Waals surface area contributed by atoms with E-state index in [0.29, 0.717) is 16.3 Å². The van der Waals surface area contributed by atoms with E-state index in [-0.39, 0.29) is 19.1 Å². The zero-order chi connectivity index (χ0) is 17.0. The zero-order valence-electron chi connectivity index (χ0n) is 13.4. The predicted molar refractivity (Wildman–Crippen MR) is 89.3 cm³/mol. The minimum absolute atomic E-state index is 0.0978. The Labute approximate surface area is 140 Å². The van der Waals surface area contributed by atoms with Gasteiger partial charge in [-0.15, -0.1) is 0 Å². The summed E-state index contributed by atoms with van der Waals surface area (Å²) in [4.78, 5) is 13.6. The number of rotatable bonds is 5. The molecule has 0 saturated carbocycles. The molecular formula is C18H19ClFNO2. The number of hydrogen-bond donors (Lipinski definition) is 0. The molecule has 0 unspecified atom stereocenters. The molecule has 3 nitrogen and oxygen atoms in total. The van der Waals surface area contributed by atoms with Gasteiger partial charge >= 0.3 is 0 Å². The van der Waals surface area contributed by atoms with Crippen LogP contribution in [0.4, 0.5) is 4.39 Å². The number of likely N-dealkylation sites (N-methyl/N-ethyl adjacent to an activating group) is 1. The second-order valence-corrected chi connectivity index (χ2v) is 5.91. The molecule has 0 fully saturated rings. The predicted octanol–water partition coefficient (Wildman–Crippen LogP) is 4.13. The van der Waals surface area contributed by atoms with E-state index in [2.05, 4.69) is 0 Å². The lowest BCUT2D eigenvalue weighted by atomic mass is 10.1. The molecule has 0 bridgehead atoms. The third-order valence-electron chi connectivity index (χ3n) is 3.56. The van der Waals surface area contributed by atoms with Crippen molar-refractivity contribution in [3.05, 3.63) is 63.9 Å². The first kappa shape index (κ1) is 17.3. The molecule has 0 saturated heterocycles. The maximum atomic E-state index is 13.8. The van der Waals surface area contributed by atoms with Crippen molar-refractivity contribution >= 4 is 17.5 Å². The fraction of sp³-hybridized carbons (Fsp3) is 0.278. The lowest BCUT2D eigenvalue weighted by Gasteiger charge is -2.19. The van der Waals surface area contributed by atoms with Crippen molar-refractivity contribution in [2.75, 3.05) is 13.7 Å². The minimum atomic E-state index is -0.424. The summed E-state index contributed by atoms with van der Waals surface area (Å²) in [5.74, 6) is -0.00184. The smallest absolute Gasteiger partial charge is 0.260 e. The van der Waals surface area contributed by atoms with Crippen LogP contribution in [-0.2, 0) is 11.3 Å². The summed E-state index contributed by atoms with van der Waals surface area (Å²) in [7, 11) is 1.59. The van der Waals surface area contributed by atoms with Gasteiger partial charge in [-0.1, -0.05) is 35.4 Å². The summed E-state index contributed by atoms with van der Waals surface area (Å²) in [5, 5.41) is 0.306. The molecule has 2 aromatic rings. The first-order valence-electron chi connectivity index (χ1n) is 7.25. The number of aryl methyl sites for hydroxylation is 2. The lowest BCUT2D eigenvalue weighted by molar-refractivity contribution is -0.132. The summed E-state index contributed by atoms with van der Waals surface area (Å²) >= 11 is 5.98. The van der Waals surface area contributed by atoms with E-state index < -0.39 is 5.82 Å². The van der Waals surface area contributed by atoms with E-state index in [4.69, 9.17) is 16.3 Å². The fourth-order valence-corrected chi connectivity index (χ4v) is 2.44. The SMILES string of the molecule is Cc1ccc(OCC(=O)N(C)Cc2c(F)cccc2Cl)c(C)c1. The van der Waals surface area contributed by atoms with Crippen molar-refractivity contribution in [3.8, 4) is 5.75 Å². The van der Waals surface area contributed by atoms with Crippen LogP contribution in [0.3, 0.4) is 0 Å². The number of nitrogens with zero attached hydrogens (tertiary/aromatic N) is 1. The van der Waals surface area contributed by atoms with Gasteiger partial charge in [0.1, 0.15) is 11.6 Å². The summed E-state index contributed by atoms with van der Waals surface area (Å²) < 4.78 is 19.3. The van der Waals surface area contributed by atoms with E-state index in [1.165, 1.54) is 17.0 Å². The molecule has 0 N–H and O–H groups in total. The molecule has 0 heterocycles. The highest BCUT2D eigenvalue weighted by atomic mass is 35.5. The summed E-state index contributed by atoms with van der Waals surface area (Å²) in [6.45, 7) is 3.91. The Kier molecular flexibility index (Phi) is 5.61. The highest BCUT2D eigenvalue weighted by Gasteiger charge is 2.15. The molecule has 0 aliphatic heterocycles. The van der Waals surface area contributed by atoms with Gasteiger partial charge in [0.2, 0.25) is 0 Å². The van der Waals surface area contributed by atoms with Crippen LogP contribution in [0.15, 0.2) is 36.4 Å². The van der Waals surface area contributed by atoms with Gasteiger partial charge in [0.15, 0.2) is 6.61 Å². The van der Waals surface area contributed by atoms with Gasteiger partial charge in [-0.05, 0) is 37.6 Å². The Morgan fingerprint density at radius 3 is 2.65 bits per heavy atom. The Bertz CT molecular complexity index is 698. The highest BCUT2D eigenvalue weighted by molar-refractivity contribution is 6.31. The molecule has 2 aromatic carbocycles. The third kappa shape index (κ3) is 4.45. The first-order chi connectivity index (χ1) is 10.9. The van der Waals surface area contributed by atoms with E-state index in [1.807, 2.05) is 32.0 Å². The van der Waals surface area contributed by atoms with Crippen LogP contribution in [-0.4, -0.2) is 24.5 Å². The van der Waals surface area contributed by atoms with Crippen molar-refractivity contribution in [2.24, 2.45) is 0 Å². The van der Waals surface area contributed by atoms with Gasteiger partial charge in [-0.3, -0.25) is 4.79 Å². The molecule has 0 aliphatic carbocycles. The Hall–Kier alpha value is -2.07. The molecule has 122 valence electrons. The Balaban J connectivity index is 1.97. The van der Waals surface area contributed by atoms with Crippen LogP contribution >= 0.6 is 11.6 Å². The van der Waals surface area contributed by atoms with Gasteiger partial charge in [-0.2, -0.15) is 0 Å². The van der Waals surface area contributed by atoms with E-state index in [1.54, 1.807) is 13.1 Å². The van der Waals surface area contributed by atoms with Gasteiger partial charge in [0, 0.05) is 24.2 Å². The van der Waals surface area contributed by atoms with Crippen LogP contribution in [0.2, 0.25) is 5.02 Å². The molecule has 0 atom stereocenters.